The predicted octanol–water partition coefficient (Wildman–Crippen LogP) is 5.05. The molecule has 0 unspecified atom stereocenters. The minimum atomic E-state index is -0.319. The van der Waals surface area contributed by atoms with Crippen LogP contribution < -0.4 is 5.46 Å². The monoisotopic (exact) mass is 398 g/mol. The number of hydrogen-bond donors (Lipinski definition) is 0. The molecule has 0 saturated carbocycles. The van der Waals surface area contributed by atoms with E-state index in [2.05, 4.69) is 93.9 Å². The van der Waals surface area contributed by atoms with E-state index in [1.807, 2.05) is 0 Å². The highest BCUT2D eigenvalue weighted by Crippen LogP contribution is 2.49. The number of rotatable bonds is 1. The van der Waals surface area contributed by atoms with Gasteiger partial charge in [0.15, 0.2) is 0 Å². The van der Waals surface area contributed by atoms with E-state index in [1.165, 1.54) is 22.3 Å². The van der Waals surface area contributed by atoms with E-state index in [1.54, 1.807) is 0 Å². The topological polar surface area (TPSA) is 18.5 Å². The third kappa shape index (κ3) is 2.45. The number of benzene rings is 2. The second-order valence-electron chi connectivity index (χ2n) is 8.71. The summed E-state index contributed by atoms with van der Waals surface area (Å²) < 4.78 is 13.6. The zero-order valence-electron chi connectivity index (χ0n) is 15.7. The molecule has 25 heavy (non-hydrogen) atoms. The van der Waals surface area contributed by atoms with Crippen LogP contribution in [0.15, 0.2) is 40.9 Å². The van der Waals surface area contributed by atoms with Crippen LogP contribution in [0.2, 0.25) is 0 Å². The summed E-state index contributed by atoms with van der Waals surface area (Å²) >= 11 is 3.61. The van der Waals surface area contributed by atoms with Gasteiger partial charge in [-0.25, -0.2) is 0 Å². The molecule has 2 aromatic rings. The lowest BCUT2D eigenvalue weighted by Gasteiger charge is -2.32. The molecule has 0 bridgehead atoms. The molecule has 2 aromatic carbocycles. The molecule has 130 valence electrons. The summed E-state index contributed by atoms with van der Waals surface area (Å²) in [6.45, 7) is 13.0. The summed E-state index contributed by atoms with van der Waals surface area (Å²) in [7, 11) is -0.318. The lowest BCUT2D eigenvalue weighted by Crippen LogP contribution is -2.41. The first-order chi connectivity index (χ1) is 11.5. The van der Waals surface area contributed by atoms with Crippen molar-refractivity contribution >= 4 is 28.5 Å². The highest BCUT2D eigenvalue weighted by Gasteiger charge is 2.52. The van der Waals surface area contributed by atoms with Gasteiger partial charge in [0, 0.05) is 9.89 Å². The molecule has 4 rings (SSSR count). The zero-order valence-corrected chi connectivity index (χ0v) is 17.3. The van der Waals surface area contributed by atoms with Gasteiger partial charge in [-0.05, 0) is 67.5 Å². The van der Waals surface area contributed by atoms with Gasteiger partial charge in [0.05, 0.1) is 11.2 Å². The van der Waals surface area contributed by atoms with Crippen LogP contribution in [0.1, 0.15) is 52.7 Å². The number of halogens is 1. The van der Waals surface area contributed by atoms with Crippen molar-refractivity contribution in [3.8, 4) is 11.1 Å². The van der Waals surface area contributed by atoms with Crippen LogP contribution in [-0.4, -0.2) is 18.3 Å². The first-order valence-corrected chi connectivity index (χ1v) is 9.63. The third-order valence-electron chi connectivity index (χ3n) is 6.19. The fourth-order valence-corrected chi connectivity index (χ4v) is 4.21. The molecule has 1 fully saturated rings. The Balaban J connectivity index is 1.79. The molecule has 1 aliphatic carbocycles. The summed E-state index contributed by atoms with van der Waals surface area (Å²) in [6, 6.07) is 13.2. The van der Waals surface area contributed by atoms with Gasteiger partial charge in [-0.2, -0.15) is 0 Å². The van der Waals surface area contributed by atoms with Crippen LogP contribution in [0.25, 0.3) is 11.1 Å². The highest BCUT2D eigenvalue weighted by molar-refractivity contribution is 9.10. The summed E-state index contributed by atoms with van der Waals surface area (Å²) in [6.07, 6.45) is 0. The second kappa shape index (κ2) is 5.22. The van der Waals surface area contributed by atoms with Crippen LogP contribution in [-0.2, 0) is 14.7 Å². The van der Waals surface area contributed by atoms with Crippen LogP contribution in [0.4, 0.5) is 0 Å². The molecule has 1 heterocycles. The average molecular weight is 399 g/mol. The molecule has 0 radical (unpaired) electrons. The van der Waals surface area contributed by atoms with E-state index in [4.69, 9.17) is 9.31 Å². The van der Waals surface area contributed by atoms with Gasteiger partial charge in [0.2, 0.25) is 0 Å². The Hall–Kier alpha value is -1.10. The van der Waals surface area contributed by atoms with E-state index in [0.29, 0.717) is 0 Å². The molecule has 1 saturated heterocycles. The second-order valence-corrected chi connectivity index (χ2v) is 9.62. The first kappa shape index (κ1) is 17.3. The predicted molar refractivity (Wildman–Crippen MR) is 107 cm³/mol. The molecule has 0 atom stereocenters. The van der Waals surface area contributed by atoms with Crippen molar-refractivity contribution in [1.29, 1.82) is 0 Å². The molecular weight excluding hydrogens is 375 g/mol. The molecule has 0 spiro atoms. The van der Waals surface area contributed by atoms with Crippen molar-refractivity contribution in [3.63, 3.8) is 0 Å². The van der Waals surface area contributed by atoms with Gasteiger partial charge in [0.1, 0.15) is 0 Å². The van der Waals surface area contributed by atoms with Crippen LogP contribution in [0, 0.1) is 0 Å². The van der Waals surface area contributed by atoms with Gasteiger partial charge in [-0.15, -0.1) is 0 Å². The lowest BCUT2D eigenvalue weighted by atomic mass is 9.74. The number of fused-ring (bicyclic) bond motifs is 3. The van der Waals surface area contributed by atoms with E-state index in [0.717, 1.165) is 9.94 Å². The number of hydrogen-bond acceptors (Lipinski definition) is 2. The molecule has 0 N–H and O–H groups in total. The molecule has 1 aliphatic heterocycles. The maximum absolute atomic E-state index is 6.24. The molecule has 2 aliphatic rings. The van der Waals surface area contributed by atoms with Crippen molar-refractivity contribution in [1.82, 2.24) is 0 Å². The zero-order chi connectivity index (χ0) is 18.2. The van der Waals surface area contributed by atoms with Crippen LogP contribution in [0.5, 0.6) is 0 Å². The van der Waals surface area contributed by atoms with Gasteiger partial charge >= 0.3 is 7.12 Å². The van der Waals surface area contributed by atoms with E-state index >= 15 is 0 Å². The smallest absolute Gasteiger partial charge is 0.399 e. The molecular formula is C21H24BBrO2. The Morgan fingerprint density at radius 2 is 1.28 bits per heavy atom. The maximum Gasteiger partial charge on any atom is 0.494 e. The fourth-order valence-electron chi connectivity index (χ4n) is 3.85. The van der Waals surface area contributed by atoms with Crippen molar-refractivity contribution in [3.05, 3.63) is 52.0 Å². The van der Waals surface area contributed by atoms with E-state index in [-0.39, 0.29) is 23.7 Å². The van der Waals surface area contributed by atoms with Gasteiger partial charge in [-0.3, -0.25) is 0 Å². The maximum atomic E-state index is 6.24. The third-order valence-corrected chi connectivity index (χ3v) is 6.68. The van der Waals surface area contributed by atoms with Crippen molar-refractivity contribution < 1.29 is 9.31 Å². The molecule has 0 aromatic heterocycles. The van der Waals surface area contributed by atoms with Gasteiger partial charge in [0.25, 0.3) is 0 Å². The van der Waals surface area contributed by atoms with E-state index < -0.39 is 0 Å². The van der Waals surface area contributed by atoms with Crippen molar-refractivity contribution in [2.75, 3.05) is 0 Å². The summed E-state index contributed by atoms with van der Waals surface area (Å²) in [5, 5.41) is 0. The van der Waals surface area contributed by atoms with Gasteiger partial charge < -0.3 is 9.31 Å². The average Bonchev–Trinajstić information content (AvgIpc) is 2.87. The summed E-state index contributed by atoms with van der Waals surface area (Å²) in [5.74, 6) is 0. The minimum Gasteiger partial charge on any atom is -0.399 e. The SMILES string of the molecule is CC1(C)c2cc(Br)ccc2-c2ccc(B3OC(C)(C)C(C)(C)O3)cc21. The normalized spacial score (nSPS) is 22.0. The van der Waals surface area contributed by atoms with Crippen LogP contribution in [0.3, 0.4) is 0 Å². The first-order valence-electron chi connectivity index (χ1n) is 8.83. The fraction of sp³-hybridized carbons (Fsp3) is 0.429. The lowest BCUT2D eigenvalue weighted by molar-refractivity contribution is 0.00578. The minimum absolute atomic E-state index is 0.0336. The Kier molecular flexibility index (Phi) is 3.61. The standard InChI is InChI=1S/C21H24BBrO2/c1-19(2)17-11-13(22-24-20(3,4)21(5,6)25-22)7-9-15(17)16-10-8-14(23)12-18(16)19/h7-12H,1-6H3. The van der Waals surface area contributed by atoms with E-state index in [9.17, 15) is 0 Å². The molecule has 4 heteroatoms. The molecule has 0 amide bonds. The van der Waals surface area contributed by atoms with Crippen molar-refractivity contribution in [2.45, 2.75) is 58.2 Å². The van der Waals surface area contributed by atoms with Crippen molar-refractivity contribution in [2.24, 2.45) is 0 Å². The summed E-state index contributed by atoms with van der Waals surface area (Å²) in [4.78, 5) is 0. The largest absolute Gasteiger partial charge is 0.494 e. The Bertz CT molecular complexity index is 854. The molecule has 2 nitrogen and oxygen atoms in total. The highest BCUT2D eigenvalue weighted by atomic mass is 79.9. The Labute approximate surface area is 159 Å². The summed E-state index contributed by atoms with van der Waals surface area (Å²) in [5.41, 5.74) is 5.76. The van der Waals surface area contributed by atoms with Crippen LogP contribution >= 0.6 is 15.9 Å². The Morgan fingerprint density at radius 3 is 1.88 bits per heavy atom. The van der Waals surface area contributed by atoms with Gasteiger partial charge in [-0.1, -0.05) is 54.0 Å². The quantitative estimate of drug-likeness (QED) is 0.625. The Morgan fingerprint density at radius 1 is 0.760 bits per heavy atom.